The largest absolute Gasteiger partial charge is 0.399 e. The second kappa shape index (κ2) is 4.48. The highest BCUT2D eigenvalue weighted by molar-refractivity contribution is 8.00. The third-order valence-electron chi connectivity index (χ3n) is 3.50. The first kappa shape index (κ1) is 11.9. The predicted molar refractivity (Wildman–Crippen MR) is 74.9 cm³/mol. The predicted octanol–water partition coefficient (Wildman–Crippen LogP) is 1.32. The second-order valence-electron chi connectivity index (χ2n) is 4.96. The van der Waals surface area contributed by atoms with Gasteiger partial charge < -0.3 is 16.0 Å². The molecule has 0 radical (unpaired) electrons. The third kappa shape index (κ3) is 1.97. The molecule has 1 saturated heterocycles. The standard InChI is InChI=1S/C13H17N3OS/c1-8-13(17)16(7-9-5-15-6-9)11-4-10(14)2-3-12(11)18-8/h2-4,8-9,15H,5-7,14H2,1H3. The van der Waals surface area contributed by atoms with Crippen molar-refractivity contribution in [1.29, 1.82) is 0 Å². The second-order valence-corrected chi connectivity index (χ2v) is 6.34. The maximum Gasteiger partial charge on any atom is 0.240 e. The zero-order valence-corrected chi connectivity index (χ0v) is 11.2. The smallest absolute Gasteiger partial charge is 0.240 e. The highest BCUT2D eigenvalue weighted by Crippen LogP contribution is 2.40. The molecule has 0 spiro atoms. The van der Waals surface area contributed by atoms with Gasteiger partial charge in [-0.3, -0.25) is 4.79 Å². The van der Waals surface area contributed by atoms with E-state index in [4.69, 9.17) is 5.73 Å². The number of nitrogen functional groups attached to an aromatic ring is 1. The molecule has 2 aliphatic rings. The number of rotatable bonds is 2. The van der Waals surface area contributed by atoms with Crippen LogP contribution in [0.25, 0.3) is 0 Å². The Labute approximate surface area is 111 Å². The molecule has 18 heavy (non-hydrogen) atoms. The Morgan fingerprint density at radius 1 is 1.50 bits per heavy atom. The van der Waals surface area contributed by atoms with Crippen molar-refractivity contribution in [2.24, 2.45) is 5.92 Å². The molecule has 2 heterocycles. The average molecular weight is 263 g/mol. The number of hydrogen-bond acceptors (Lipinski definition) is 4. The van der Waals surface area contributed by atoms with Gasteiger partial charge in [0.2, 0.25) is 5.91 Å². The molecular formula is C13H17N3OS. The lowest BCUT2D eigenvalue weighted by Crippen LogP contribution is -2.51. The number of thioether (sulfide) groups is 1. The van der Waals surface area contributed by atoms with Crippen molar-refractivity contribution in [3.05, 3.63) is 18.2 Å². The lowest BCUT2D eigenvalue weighted by atomic mass is 10.0. The molecule has 4 nitrogen and oxygen atoms in total. The average Bonchev–Trinajstić information content (AvgIpc) is 2.28. The summed E-state index contributed by atoms with van der Waals surface area (Å²) in [6.45, 7) is 4.78. The lowest BCUT2D eigenvalue weighted by molar-refractivity contribution is -0.118. The number of carbonyl (C=O) groups excluding carboxylic acids is 1. The Morgan fingerprint density at radius 2 is 2.28 bits per heavy atom. The quantitative estimate of drug-likeness (QED) is 0.790. The van der Waals surface area contributed by atoms with Crippen LogP contribution in [0.4, 0.5) is 11.4 Å². The summed E-state index contributed by atoms with van der Waals surface area (Å²) in [7, 11) is 0. The summed E-state index contributed by atoms with van der Waals surface area (Å²) in [5.41, 5.74) is 7.54. The minimum absolute atomic E-state index is 0.00541. The van der Waals surface area contributed by atoms with E-state index in [1.54, 1.807) is 11.8 Å². The molecule has 1 fully saturated rings. The molecule has 5 heteroatoms. The van der Waals surface area contributed by atoms with E-state index in [1.165, 1.54) is 0 Å². The number of fused-ring (bicyclic) bond motifs is 1. The number of nitrogens with two attached hydrogens (primary N) is 1. The van der Waals surface area contributed by atoms with Gasteiger partial charge in [-0.1, -0.05) is 0 Å². The van der Waals surface area contributed by atoms with Gasteiger partial charge in [-0.25, -0.2) is 0 Å². The number of anilines is 2. The van der Waals surface area contributed by atoms with E-state index in [1.807, 2.05) is 30.0 Å². The molecular weight excluding hydrogens is 246 g/mol. The van der Waals surface area contributed by atoms with Crippen LogP contribution in [0, 0.1) is 5.92 Å². The molecule has 1 atom stereocenters. The lowest BCUT2D eigenvalue weighted by Gasteiger charge is -2.37. The van der Waals surface area contributed by atoms with Gasteiger partial charge >= 0.3 is 0 Å². The van der Waals surface area contributed by atoms with Crippen LogP contribution in [0.5, 0.6) is 0 Å². The van der Waals surface area contributed by atoms with E-state index in [-0.39, 0.29) is 11.2 Å². The molecule has 0 aliphatic carbocycles. The summed E-state index contributed by atoms with van der Waals surface area (Å²) < 4.78 is 0. The van der Waals surface area contributed by atoms with E-state index in [2.05, 4.69) is 5.32 Å². The van der Waals surface area contributed by atoms with Crippen molar-refractivity contribution >= 4 is 29.0 Å². The summed E-state index contributed by atoms with van der Waals surface area (Å²) in [4.78, 5) is 15.4. The first-order valence-corrected chi connectivity index (χ1v) is 7.11. The van der Waals surface area contributed by atoms with Crippen LogP contribution in [0.15, 0.2) is 23.1 Å². The van der Waals surface area contributed by atoms with Crippen molar-refractivity contribution < 1.29 is 4.79 Å². The van der Waals surface area contributed by atoms with Crippen LogP contribution in [-0.4, -0.2) is 30.8 Å². The summed E-state index contributed by atoms with van der Waals surface area (Å²) >= 11 is 1.62. The zero-order valence-electron chi connectivity index (χ0n) is 10.3. The van der Waals surface area contributed by atoms with Gasteiger partial charge in [-0.05, 0) is 25.1 Å². The fourth-order valence-electron chi connectivity index (χ4n) is 2.35. The van der Waals surface area contributed by atoms with Crippen LogP contribution in [-0.2, 0) is 4.79 Å². The number of carbonyl (C=O) groups is 1. The maximum atomic E-state index is 12.3. The Morgan fingerprint density at radius 3 is 2.94 bits per heavy atom. The molecule has 1 amide bonds. The van der Waals surface area contributed by atoms with Crippen molar-refractivity contribution in [2.45, 2.75) is 17.1 Å². The van der Waals surface area contributed by atoms with Gasteiger partial charge in [0.1, 0.15) is 0 Å². The van der Waals surface area contributed by atoms with Gasteiger partial charge in [0.25, 0.3) is 0 Å². The third-order valence-corrected chi connectivity index (χ3v) is 4.65. The summed E-state index contributed by atoms with van der Waals surface area (Å²) in [6, 6.07) is 5.83. The van der Waals surface area contributed by atoms with E-state index in [9.17, 15) is 4.79 Å². The number of amides is 1. The summed E-state index contributed by atoms with van der Waals surface area (Å²) in [5.74, 6) is 0.767. The van der Waals surface area contributed by atoms with Crippen molar-refractivity contribution in [3.63, 3.8) is 0 Å². The van der Waals surface area contributed by atoms with E-state index < -0.39 is 0 Å². The molecule has 0 aromatic heterocycles. The van der Waals surface area contributed by atoms with Crippen LogP contribution >= 0.6 is 11.8 Å². The Kier molecular flexibility index (Phi) is 2.95. The van der Waals surface area contributed by atoms with Crippen LogP contribution in [0.2, 0.25) is 0 Å². The molecule has 96 valence electrons. The molecule has 1 aromatic rings. The number of nitrogens with one attached hydrogen (secondary N) is 1. The SMILES string of the molecule is CC1Sc2ccc(N)cc2N(CC2CNC2)C1=O. The van der Waals surface area contributed by atoms with Gasteiger partial charge in [0, 0.05) is 36.1 Å². The maximum absolute atomic E-state index is 12.3. The van der Waals surface area contributed by atoms with Gasteiger partial charge in [-0.15, -0.1) is 11.8 Å². The monoisotopic (exact) mass is 263 g/mol. The van der Waals surface area contributed by atoms with Crippen molar-refractivity contribution in [2.75, 3.05) is 30.3 Å². The van der Waals surface area contributed by atoms with Crippen molar-refractivity contribution in [3.8, 4) is 0 Å². The summed E-state index contributed by atoms with van der Waals surface area (Å²) in [6.07, 6.45) is 0. The highest BCUT2D eigenvalue weighted by atomic mass is 32.2. The Bertz CT molecular complexity index is 487. The zero-order chi connectivity index (χ0) is 12.7. The fraction of sp³-hybridized carbons (Fsp3) is 0.462. The normalized spacial score (nSPS) is 23.7. The van der Waals surface area contributed by atoms with Gasteiger partial charge in [0.15, 0.2) is 0 Å². The summed E-state index contributed by atoms with van der Waals surface area (Å²) in [5, 5.41) is 3.24. The molecule has 1 aromatic carbocycles. The number of hydrogen-bond donors (Lipinski definition) is 2. The van der Waals surface area contributed by atoms with Gasteiger partial charge in [0.05, 0.1) is 10.9 Å². The fourth-order valence-corrected chi connectivity index (χ4v) is 3.39. The number of benzene rings is 1. The molecule has 2 aliphatic heterocycles. The van der Waals surface area contributed by atoms with E-state index >= 15 is 0 Å². The van der Waals surface area contributed by atoms with E-state index in [0.717, 1.165) is 30.2 Å². The Balaban J connectivity index is 1.94. The van der Waals surface area contributed by atoms with Crippen molar-refractivity contribution in [1.82, 2.24) is 5.32 Å². The molecule has 3 N–H and O–H groups in total. The first-order chi connectivity index (χ1) is 8.65. The number of nitrogens with zero attached hydrogens (tertiary/aromatic N) is 1. The minimum atomic E-state index is -0.00541. The van der Waals surface area contributed by atoms with Crippen LogP contribution in [0.1, 0.15) is 6.92 Å². The first-order valence-electron chi connectivity index (χ1n) is 6.23. The van der Waals surface area contributed by atoms with Crippen LogP contribution in [0.3, 0.4) is 0 Å². The van der Waals surface area contributed by atoms with E-state index in [0.29, 0.717) is 11.6 Å². The highest BCUT2D eigenvalue weighted by Gasteiger charge is 2.33. The Hall–Kier alpha value is -1.20. The molecule has 0 saturated carbocycles. The molecule has 3 rings (SSSR count). The van der Waals surface area contributed by atoms with Gasteiger partial charge in [-0.2, -0.15) is 0 Å². The molecule has 0 bridgehead atoms. The van der Waals surface area contributed by atoms with Crippen LogP contribution < -0.4 is 16.0 Å². The molecule has 1 unspecified atom stereocenters. The minimum Gasteiger partial charge on any atom is -0.399 e. The topological polar surface area (TPSA) is 58.4 Å².